The predicted molar refractivity (Wildman–Crippen MR) is 68.8 cm³/mol. The summed E-state index contributed by atoms with van der Waals surface area (Å²) in [4.78, 5) is 0. The fraction of sp³-hybridized carbons (Fsp3) is 0.600. The van der Waals surface area contributed by atoms with Gasteiger partial charge in [-0.05, 0) is 29.4 Å². The first-order valence-electron chi connectivity index (χ1n) is 6.41. The minimum atomic E-state index is -4.07. The molecule has 0 atom stereocenters. The molecule has 0 saturated heterocycles. The number of halogens is 3. The van der Waals surface area contributed by atoms with E-state index in [1.165, 1.54) is 5.56 Å². The topological polar surface area (TPSA) is 0 Å². The van der Waals surface area contributed by atoms with Gasteiger partial charge in [-0.25, -0.2) is 0 Å². The maximum absolute atomic E-state index is 12.3. The summed E-state index contributed by atoms with van der Waals surface area (Å²) >= 11 is 0. The normalized spacial score (nSPS) is 12.8. The second-order valence-electron chi connectivity index (χ2n) is 5.45. The van der Waals surface area contributed by atoms with Crippen molar-refractivity contribution in [3.63, 3.8) is 0 Å². The van der Waals surface area contributed by atoms with Crippen molar-refractivity contribution < 1.29 is 13.2 Å². The van der Waals surface area contributed by atoms with Gasteiger partial charge in [0.1, 0.15) is 0 Å². The van der Waals surface area contributed by atoms with Gasteiger partial charge in [0.25, 0.3) is 0 Å². The van der Waals surface area contributed by atoms with Gasteiger partial charge in [-0.1, -0.05) is 51.5 Å². The van der Waals surface area contributed by atoms with Crippen molar-refractivity contribution >= 4 is 0 Å². The van der Waals surface area contributed by atoms with Crippen LogP contribution in [0.1, 0.15) is 51.2 Å². The monoisotopic (exact) mass is 258 g/mol. The minimum absolute atomic E-state index is 0.129. The zero-order valence-electron chi connectivity index (χ0n) is 11.3. The zero-order valence-corrected chi connectivity index (χ0v) is 11.3. The number of hydrogen-bond acceptors (Lipinski definition) is 0. The molecule has 0 spiro atoms. The van der Waals surface area contributed by atoms with Crippen LogP contribution >= 0.6 is 0 Å². The average molecular weight is 258 g/mol. The summed E-state index contributed by atoms with van der Waals surface area (Å²) in [7, 11) is 0. The van der Waals surface area contributed by atoms with Gasteiger partial charge >= 0.3 is 6.18 Å². The third-order valence-electron chi connectivity index (χ3n) is 3.31. The van der Waals surface area contributed by atoms with E-state index < -0.39 is 18.0 Å². The van der Waals surface area contributed by atoms with Crippen molar-refractivity contribution in [2.45, 2.75) is 58.0 Å². The fourth-order valence-electron chi connectivity index (χ4n) is 2.01. The van der Waals surface area contributed by atoms with Crippen LogP contribution in [0.2, 0.25) is 0 Å². The molecule has 0 aliphatic rings. The fourth-order valence-corrected chi connectivity index (χ4v) is 2.01. The summed E-state index contributed by atoms with van der Waals surface area (Å²) in [5, 5.41) is 0. The van der Waals surface area contributed by atoms with Crippen LogP contribution in [0.15, 0.2) is 24.3 Å². The molecule has 102 valence electrons. The first-order valence-corrected chi connectivity index (χ1v) is 6.41. The summed E-state index contributed by atoms with van der Waals surface area (Å²) in [6, 6.07) is 7.96. The van der Waals surface area contributed by atoms with Gasteiger partial charge in [0.05, 0.1) is 0 Å². The van der Waals surface area contributed by atoms with E-state index in [0.29, 0.717) is 0 Å². The second kappa shape index (κ2) is 5.77. The van der Waals surface area contributed by atoms with Crippen molar-refractivity contribution in [2.24, 2.45) is 0 Å². The van der Waals surface area contributed by atoms with E-state index >= 15 is 0 Å². The van der Waals surface area contributed by atoms with E-state index in [9.17, 15) is 13.2 Å². The van der Waals surface area contributed by atoms with Crippen LogP contribution in [0.3, 0.4) is 0 Å². The molecule has 0 unspecified atom stereocenters. The van der Waals surface area contributed by atoms with E-state index in [2.05, 4.69) is 6.92 Å². The van der Waals surface area contributed by atoms with Gasteiger partial charge in [-0.15, -0.1) is 0 Å². The molecule has 0 bridgehead atoms. The van der Waals surface area contributed by atoms with Crippen molar-refractivity contribution in [3.05, 3.63) is 35.4 Å². The van der Waals surface area contributed by atoms with Crippen molar-refractivity contribution in [1.82, 2.24) is 0 Å². The second-order valence-corrected chi connectivity index (χ2v) is 5.45. The first-order chi connectivity index (χ1) is 8.24. The van der Waals surface area contributed by atoms with Crippen LogP contribution in [-0.2, 0) is 11.8 Å². The van der Waals surface area contributed by atoms with Crippen LogP contribution < -0.4 is 0 Å². The molecular formula is C15H21F3. The van der Waals surface area contributed by atoms with Crippen LogP contribution in [0.25, 0.3) is 0 Å². The molecule has 0 N–H and O–H groups in total. The van der Waals surface area contributed by atoms with E-state index in [-0.39, 0.29) is 6.42 Å². The molecule has 0 nitrogen and oxygen atoms in total. The van der Waals surface area contributed by atoms with E-state index in [1.54, 1.807) is 0 Å². The lowest BCUT2D eigenvalue weighted by atomic mass is 9.80. The molecule has 1 aromatic rings. The highest BCUT2D eigenvalue weighted by atomic mass is 19.4. The molecule has 1 aromatic carbocycles. The van der Waals surface area contributed by atoms with Gasteiger partial charge in [0, 0.05) is 6.42 Å². The predicted octanol–water partition coefficient (Wildman–Crippen LogP) is 5.26. The summed E-state index contributed by atoms with van der Waals surface area (Å²) in [6.07, 6.45) is -2.57. The molecule has 0 fully saturated rings. The van der Waals surface area contributed by atoms with Crippen molar-refractivity contribution in [2.75, 3.05) is 0 Å². The van der Waals surface area contributed by atoms with Gasteiger partial charge in [-0.3, -0.25) is 0 Å². The quantitative estimate of drug-likeness (QED) is 0.675. The smallest absolute Gasteiger partial charge is 0.171 e. The number of rotatable bonds is 5. The zero-order chi connectivity index (χ0) is 13.8. The maximum Gasteiger partial charge on any atom is 0.389 e. The van der Waals surface area contributed by atoms with Gasteiger partial charge in [0.2, 0.25) is 0 Å². The average Bonchev–Trinajstić information content (AvgIpc) is 2.27. The van der Waals surface area contributed by atoms with E-state index in [4.69, 9.17) is 0 Å². The molecule has 0 amide bonds. The molecule has 0 aliphatic carbocycles. The minimum Gasteiger partial charge on any atom is -0.171 e. The summed E-state index contributed by atoms with van der Waals surface area (Å²) in [5.74, 6) is 0. The highest BCUT2D eigenvalue weighted by Gasteiger charge is 2.31. The first kappa shape index (κ1) is 15.1. The van der Waals surface area contributed by atoms with Crippen LogP contribution in [0.5, 0.6) is 0 Å². The third kappa shape index (κ3) is 4.71. The number of alkyl halides is 3. The molecule has 0 aromatic heterocycles. The molecule has 18 heavy (non-hydrogen) atoms. The maximum atomic E-state index is 12.3. The Bertz CT molecular complexity index is 360. The molecule has 0 aliphatic heterocycles. The van der Waals surface area contributed by atoms with E-state index in [1.807, 2.05) is 38.1 Å². The van der Waals surface area contributed by atoms with Gasteiger partial charge < -0.3 is 0 Å². The molecule has 1 rings (SSSR count). The van der Waals surface area contributed by atoms with Crippen molar-refractivity contribution in [3.8, 4) is 0 Å². The molecule has 3 heteroatoms. The Morgan fingerprint density at radius 1 is 0.944 bits per heavy atom. The third-order valence-corrected chi connectivity index (χ3v) is 3.31. The number of aryl methyl sites for hydroxylation is 1. The summed E-state index contributed by atoms with van der Waals surface area (Å²) < 4.78 is 36.8. The Morgan fingerprint density at radius 3 is 1.94 bits per heavy atom. The Morgan fingerprint density at radius 2 is 1.50 bits per heavy atom. The molecular weight excluding hydrogens is 237 g/mol. The lowest BCUT2D eigenvalue weighted by Gasteiger charge is -2.26. The number of hydrogen-bond donors (Lipinski definition) is 0. The Hall–Kier alpha value is -0.990. The molecule has 0 radical (unpaired) electrons. The van der Waals surface area contributed by atoms with Crippen LogP contribution in [-0.4, -0.2) is 6.18 Å². The summed E-state index contributed by atoms with van der Waals surface area (Å²) in [5.41, 5.74) is 1.79. The Labute approximate surface area is 107 Å². The molecule has 0 heterocycles. The van der Waals surface area contributed by atoms with Crippen molar-refractivity contribution in [1.29, 1.82) is 0 Å². The SMILES string of the molecule is CCCc1ccc(C(C)(C)CCC(F)(F)F)cc1. The highest BCUT2D eigenvalue weighted by molar-refractivity contribution is 5.28. The Kier molecular flexibility index (Phi) is 4.83. The lowest BCUT2D eigenvalue weighted by molar-refractivity contribution is -0.138. The Balaban J connectivity index is 2.72. The standard InChI is InChI=1S/C15H21F3/c1-4-5-12-6-8-13(9-7-12)14(2,3)10-11-15(16,17)18/h6-9H,4-5,10-11H2,1-3H3. The van der Waals surface area contributed by atoms with Crippen LogP contribution in [0.4, 0.5) is 13.2 Å². The van der Waals surface area contributed by atoms with E-state index in [0.717, 1.165) is 18.4 Å². The largest absolute Gasteiger partial charge is 0.389 e. The highest BCUT2D eigenvalue weighted by Crippen LogP contribution is 2.33. The van der Waals surface area contributed by atoms with Crippen LogP contribution in [0, 0.1) is 0 Å². The number of benzene rings is 1. The molecule has 0 saturated carbocycles. The van der Waals surface area contributed by atoms with Gasteiger partial charge in [0.15, 0.2) is 0 Å². The lowest BCUT2D eigenvalue weighted by Crippen LogP contribution is -2.21. The summed E-state index contributed by atoms with van der Waals surface area (Å²) in [6.45, 7) is 5.85. The van der Waals surface area contributed by atoms with Gasteiger partial charge in [-0.2, -0.15) is 13.2 Å².